The van der Waals surface area contributed by atoms with Crippen LogP contribution in [0.3, 0.4) is 0 Å². The topological polar surface area (TPSA) is 88.1 Å². The Hall–Kier alpha value is -2.91. The van der Waals surface area contributed by atoms with Crippen LogP contribution in [-0.2, 0) is 26.9 Å². The van der Waals surface area contributed by atoms with Gasteiger partial charge in [0.15, 0.2) is 0 Å². The van der Waals surface area contributed by atoms with Crippen LogP contribution in [0.25, 0.3) is 0 Å². The van der Waals surface area contributed by atoms with Crippen molar-refractivity contribution in [1.82, 2.24) is 4.90 Å². The van der Waals surface area contributed by atoms with E-state index in [0.29, 0.717) is 5.69 Å². The third kappa shape index (κ3) is 5.83. The van der Waals surface area contributed by atoms with Gasteiger partial charge in [-0.2, -0.15) is 0 Å². The van der Waals surface area contributed by atoms with Gasteiger partial charge in [-0.15, -0.1) is 0 Å². The van der Waals surface area contributed by atoms with E-state index in [1.54, 1.807) is 12.1 Å². The second kappa shape index (κ2) is 10.8. The number of hydrogen-bond acceptors (Lipinski definition) is 6. The lowest BCUT2D eigenvalue weighted by atomic mass is 9.75. The summed E-state index contributed by atoms with van der Waals surface area (Å²) < 4.78 is 38.2. The number of ether oxygens (including phenoxy) is 2. The Morgan fingerprint density at radius 3 is 2.38 bits per heavy atom. The predicted molar refractivity (Wildman–Crippen MR) is 144 cm³/mol. The zero-order valence-electron chi connectivity index (χ0n) is 21.0. The predicted octanol–water partition coefficient (Wildman–Crippen LogP) is 4.60. The first kappa shape index (κ1) is 25.7. The Morgan fingerprint density at radius 1 is 0.946 bits per heavy atom. The molecule has 2 unspecified atom stereocenters. The van der Waals surface area contributed by atoms with Crippen molar-refractivity contribution >= 4 is 15.7 Å². The number of benzene rings is 3. The van der Waals surface area contributed by atoms with E-state index >= 15 is 0 Å². The van der Waals surface area contributed by atoms with Gasteiger partial charge in [0.1, 0.15) is 11.5 Å². The van der Waals surface area contributed by atoms with Gasteiger partial charge in [-0.05, 0) is 60.4 Å². The summed E-state index contributed by atoms with van der Waals surface area (Å²) in [6.07, 6.45) is 1.89. The number of para-hydroxylation sites is 1. The zero-order valence-corrected chi connectivity index (χ0v) is 21.9. The van der Waals surface area contributed by atoms with Crippen molar-refractivity contribution in [2.24, 2.45) is 11.8 Å². The molecule has 2 bridgehead atoms. The fraction of sp³-hybridized carbons (Fsp3) is 0.379. The van der Waals surface area contributed by atoms with Crippen molar-refractivity contribution < 1.29 is 23.0 Å². The lowest BCUT2D eigenvalue weighted by Crippen LogP contribution is -2.51. The molecule has 0 spiro atoms. The summed E-state index contributed by atoms with van der Waals surface area (Å²) in [6, 6.07) is 25.2. The molecule has 37 heavy (non-hydrogen) atoms. The van der Waals surface area contributed by atoms with Crippen LogP contribution in [0.5, 0.6) is 11.5 Å². The molecule has 196 valence electrons. The summed E-state index contributed by atoms with van der Waals surface area (Å²) >= 11 is 0. The first-order chi connectivity index (χ1) is 17.9. The summed E-state index contributed by atoms with van der Waals surface area (Å²) in [5, 5.41) is 12.0. The quantitative estimate of drug-likeness (QED) is 0.405. The molecule has 1 aliphatic heterocycles. The van der Waals surface area contributed by atoms with Crippen LogP contribution in [0, 0.1) is 11.8 Å². The minimum atomic E-state index is -3.52. The maximum atomic E-state index is 12.3. The molecule has 7 nitrogen and oxygen atoms in total. The van der Waals surface area contributed by atoms with Gasteiger partial charge in [-0.1, -0.05) is 42.5 Å². The number of anilines is 1. The molecular weight excluding hydrogens is 488 g/mol. The van der Waals surface area contributed by atoms with Crippen molar-refractivity contribution in [3.05, 3.63) is 90.0 Å². The van der Waals surface area contributed by atoms with Gasteiger partial charge >= 0.3 is 0 Å². The lowest BCUT2D eigenvalue weighted by Gasteiger charge is -2.45. The van der Waals surface area contributed by atoms with Gasteiger partial charge in [-0.25, -0.2) is 8.42 Å². The van der Waals surface area contributed by atoms with Gasteiger partial charge < -0.3 is 14.6 Å². The number of likely N-dealkylation sites (tertiary alicyclic amines) is 1. The maximum absolute atomic E-state index is 12.3. The number of aliphatic hydroxyl groups is 1. The Kier molecular flexibility index (Phi) is 7.53. The van der Waals surface area contributed by atoms with Gasteiger partial charge in [-0.3, -0.25) is 9.62 Å². The van der Waals surface area contributed by atoms with Crippen molar-refractivity contribution in [2.75, 3.05) is 37.3 Å². The maximum Gasteiger partial charge on any atom is 0.234 e. The molecular formula is C29H34N2O5S. The second-order valence-electron chi connectivity index (χ2n) is 10.0. The smallest absolute Gasteiger partial charge is 0.234 e. The molecule has 0 aromatic heterocycles. The van der Waals surface area contributed by atoms with E-state index in [-0.39, 0.29) is 24.2 Å². The molecule has 1 aliphatic carbocycles. The van der Waals surface area contributed by atoms with Crippen LogP contribution < -0.4 is 9.46 Å². The standard InChI is InChI=1S/C29H34N2O5S/c1-35-15-16-37(33,34)30-26-9-6-8-23(18-26)29(32)24-13-14-25(29)21-31(20-24)19-22-7-5-12-28(17-22)36-27-10-3-2-4-11-27/h2-12,17-18,24-25,30,32H,13-16,19-21H2,1H3. The Bertz CT molecular complexity index is 1300. The molecule has 3 aromatic carbocycles. The number of methoxy groups -OCH3 is 1. The van der Waals surface area contributed by atoms with Gasteiger partial charge in [0, 0.05) is 44.3 Å². The van der Waals surface area contributed by atoms with E-state index in [2.05, 4.69) is 21.8 Å². The molecule has 1 saturated carbocycles. The highest BCUT2D eigenvalue weighted by Gasteiger charge is 2.53. The molecule has 2 aliphatic rings. The van der Waals surface area contributed by atoms with Crippen molar-refractivity contribution in [3.8, 4) is 11.5 Å². The summed E-state index contributed by atoms with van der Waals surface area (Å²) in [4.78, 5) is 2.41. The first-order valence-electron chi connectivity index (χ1n) is 12.7. The van der Waals surface area contributed by atoms with E-state index < -0.39 is 15.6 Å². The number of piperidine rings is 1. The van der Waals surface area contributed by atoms with Gasteiger partial charge in [0.05, 0.1) is 18.0 Å². The molecule has 1 saturated heterocycles. The number of fused-ring (bicyclic) bond motifs is 2. The summed E-state index contributed by atoms with van der Waals surface area (Å²) in [7, 11) is -2.04. The minimum absolute atomic E-state index is 0.0790. The van der Waals surface area contributed by atoms with Crippen LogP contribution in [0.4, 0.5) is 5.69 Å². The largest absolute Gasteiger partial charge is 0.457 e. The van der Waals surface area contributed by atoms with E-state index in [4.69, 9.17) is 9.47 Å². The summed E-state index contributed by atoms with van der Waals surface area (Å²) in [5.41, 5.74) is 1.46. The summed E-state index contributed by atoms with van der Waals surface area (Å²) in [6.45, 7) is 2.47. The monoisotopic (exact) mass is 522 g/mol. The highest BCUT2D eigenvalue weighted by molar-refractivity contribution is 7.92. The SMILES string of the molecule is COCCS(=O)(=O)Nc1cccc(C2(O)C3CCC2CN(Cc2cccc(Oc4ccccc4)c2)C3)c1. The number of nitrogens with zero attached hydrogens (tertiary/aromatic N) is 1. The molecule has 3 aromatic rings. The molecule has 0 amide bonds. The Morgan fingerprint density at radius 2 is 1.65 bits per heavy atom. The average Bonchev–Trinajstić information content (AvgIpc) is 3.05. The average molecular weight is 523 g/mol. The molecule has 2 N–H and O–H groups in total. The number of sulfonamides is 1. The minimum Gasteiger partial charge on any atom is -0.457 e. The van der Waals surface area contributed by atoms with Crippen molar-refractivity contribution in [3.63, 3.8) is 0 Å². The Balaban J connectivity index is 1.27. The number of nitrogens with one attached hydrogen (secondary N) is 1. The van der Waals surface area contributed by atoms with Crippen LogP contribution in [0.1, 0.15) is 24.0 Å². The van der Waals surface area contributed by atoms with E-state index in [1.807, 2.05) is 54.6 Å². The molecule has 2 fully saturated rings. The molecule has 1 heterocycles. The normalized spacial score (nSPS) is 23.6. The second-order valence-corrected chi connectivity index (χ2v) is 11.9. The molecule has 5 rings (SSSR count). The third-order valence-corrected chi connectivity index (χ3v) is 8.75. The molecule has 0 radical (unpaired) electrons. The van der Waals surface area contributed by atoms with E-state index in [9.17, 15) is 13.5 Å². The number of hydrogen-bond donors (Lipinski definition) is 2. The van der Waals surface area contributed by atoms with Gasteiger partial charge in [0.2, 0.25) is 10.0 Å². The van der Waals surface area contributed by atoms with E-state index in [0.717, 1.165) is 49.5 Å². The third-order valence-electron chi connectivity index (χ3n) is 7.50. The zero-order chi connectivity index (χ0) is 25.9. The van der Waals surface area contributed by atoms with Crippen LogP contribution in [-0.4, -0.2) is 51.0 Å². The summed E-state index contributed by atoms with van der Waals surface area (Å²) in [5.74, 6) is 1.66. The Labute approximate surface area is 219 Å². The van der Waals surface area contributed by atoms with E-state index in [1.165, 1.54) is 12.7 Å². The number of rotatable bonds is 10. The molecule has 2 atom stereocenters. The lowest BCUT2D eigenvalue weighted by molar-refractivity contribution is -0.0914. The molecule has 8 heteroatoms. The highest BCUT2D eigenvalue weighted by Crippen LogP contribution is 2.51. The van der Waals surface area contributed by atoms with Crippen LogP contribution >= 0.6 is 0 Å². The van der Waals surface area contributed by atoms with Crippen molar-refractivity contribution in [2.45, 2.75) is 25.0 Å². The van der Waals surface area contributed by atoms with Crippen LogP contribution in [0.15, 0.2) is 78.9 Å². The fourth-order valence-corrected chi connectivity index (χ4v) is 6.75. The van der Waals surface area contributed by atoms with Crippen molar-refractivity contribution in [1.29, 1.82) is 0 Å². The van der Waals surface area contributed by atoms with Crippen LogP contribution in [0.2, 0.25) is 0 Å². The van der Waals surface area contributed by atoms with Gasteiger partial charge in [0.25, 0.3) is 0 Å². The highest BCUT2D eigenvalue weighted by atomic mass is 32.2. The fourth-order valence-electron chi connectivity index (χ4n) is 5.78. The first-order valence-corrected chi connectivity index (χ1v) is 14.4.